The van der Waals surface area contributed by atoms with Crippen LogP contribution in [0.5, 0.6) is 0 Å². The molecule has 4 atom stereocenters. The molecule has 2 aliphatic heterocycles. The summed E-state index contributed by atoms with van der Waals surface area (Å²) in [6, 6.07) is 10.0. The van der Waals surface area contributed by atoms with Crippen LogP contribution in [-0.2, 0) is 9.53 Å². The van der Waals surface area contributed by atoms with E-state index in [1.54, 1.807) is 12.1 Å². The van der Waals surface area contributed by atoms with E-state index in [-0.39, 0.29) is 6.10 Å². The fourth-order valence-electron chi connectivity index (χ4n) is 3.46. The lowest BCUT2D eigenvalue weighted by Crippen LogP contribution is -2.43. The quantitative estimate of drug-likeness (QED) is 0.642. The van der Waals surface area contributed by atoms with E-state index in [9.17, 15) is 9.90 Å². The van der Waals surface area contributed by atoms with Crippen molar-refractivity contribution >= 4 is 21.9 Å². The smallest absolute Gasteiger partial charge is 0.339 e. The number of aliphatic hydroxyl groups is 1. The Kier molecular flexibility index (Phi) is 7.06. The molecular formula is C18H26BrNO3. The SMILES string of the molecule is CCBr.CN1[C@@H]2CC[C@H]1C[C@@H](OC(=O)C(O)c1ccccc1)C2. The van der Waals surface area contributed by atoms with E-state index < -0.39 is 12.1 Å². The molecule has 2 saturated heterocycles. The number of alkyl halides is 1. The largest absolute Gasteiger partial charge is 0.460 e. The topological polar surface area (TPSA) is 49.8 Å². The first-order chi connectivity index (χ1) is 11.1. The van der Waals surface area contributed by atoms with E-state index in [0.717, 1.165) is 18.2 Å². The molecule has 0 amide bonds. The second-order valence-corrected chi connectivity index (χ2v) is 7.28. The van der Waals surface area contributed by atoms with Crippen LogP contribution in [0.2, 0.25) is 0 Å². The van der Waals surface area contributed by atoms with E-state index in [1.807, 2.05) is 25.1 Å². The third-order valence-electron chi connectivity index (χ3n) is 4.68. The molecule has 23 heavy (non-hydrogen) atoms. The molecule has 1 N–H and O–H groups in total. The van der Waals surface area contributed by atoms with E-state index in [1.165, 1.54) is 12.8 Å². The van der Waals surface area contributed by atoms with Gasteiger partial charge in [-0.1, -0.05) is 53.2 Å². The van der Waals surface area contributed by atoms with Crippen molar-refractivity contribution in [3.8, 4) is 0 Å². The van der Waals surface area contributed by atoms with Crippen LogP contribution in [0.4, 0.5) is 0 Å². The molecule has 3 rings (SSSR count). The van der Waals surface area contributed by atoms with Crippen LogP contribution in [0.25, 0.3) is 0 Å². The minimum absolute atomic E-state index is 0.0467. The van der Waals surface area contributed by atoms with Crippen molar-refractivity contribution in [3.05, 3.63) is 35.9 Å². The van der Waals surface area contributed by atoms with Crippen molar-refractivity contribution in [1.82, 2.24) is 4.90 Å². The highest BCUT2D eigenvalue weighted by Gasteiger charge is 2.40. The van der Waals surface area contributed by atoms with Gasteiger partial charge in [0.15, 0.2) is 6.10 Å². The van der Waals surface area contributed by atoms with E-state index in [4.69, 9.17) is 4.74 Å². The van der Waals surface area contributed by atoms with Gasteiger partial charge in [-0.3, -0.25) is 0 Å². The lowest BCUT2D eigenvalue weighted by molar-refractivity contribution is -0.162. The highest BCUT2D eigenvalue weighted by atomic mass is 79.9. The lowest BCUT2D eigenvalue weighted by Gasteiger charge is -2.36. The Morgan fingerprint density at radius 2 is 1.83 bits per heavy atom. The molecule has 1 aromatic rings. The van der Waals surface area contributed by atoms with E-state index in [2.05, 4.69) is 27.9 Å². The van der Waals surface area contributed by atoms with Gasteiger partial charge in [0.05, 0.1) is 0 Å². The maximum atomic E-state index is 12.0. The Morgan fingerprint density at radius 3 is 2.35 bits per heavy atom. The Balaban J connectivity index is 0.000000595. The van der Waals surface area contributed by atoms with Crippen molar-refractivity contribution in [2.24, 2.45) is 0 Å². The standard InChI is InChI=1S/C16H21NO3.C2H5Br/c1-17-12-7-8-13(17)10-14(9-12)20-16(19)15(18)11-5-3-2-4-6-11;1-2-3/h2-6,12-15,18H,7-10H2,1H3;2H2,1H3/t12-,13+,14+,15?;. The molecule has 4 nitrogen and oxygen atoms in total. The number of esters is 1. The molecule has 2 aliphatic rings. The normalized spacial score (nSPS) is 27.7. The number of nitrogens with zero attached hydrogens (tertiary/aromatic N) is 1. The lowest BCUT2D eigenvalue weighted by atomic mass is 10.0. The van der Waals surface area contributed by atoms with Crippen LogP contribution >= 0.6 is 15.9 Å². The molecule has 0 aliphatic carbocycles. The average molecular weight is 384 g/mol. The summed E-state index contributed by atoms with van der Waals surface area (Å²) in [4.78, 5) is 14.4. The molecule has 0 saturated carbocycles. The van der Waals surface area contributed by atoms with Crippen LogP contribution in [0.3, 0.4) is 0 Å². The maximum absolute atomic E-state index is 12.0. The van der Waals surface area contributed by atoms with Gasteiger partial charge in [-0.2, -0.15) is 0 Å². The summed E-state index contributed by atoms with van der Waals surface area (Å²) in [5.74, 6) is -0.523. The van der Waals surface area contributed by atoms with Crippen LogP contribution in [0.15, 0.2) is 30.3 Å². The first kappa shape index (κ1) is 18.4. The zero-order chi connectivity index (χ0) is 16.8. The highest BCUT2D eigenvalue weighted by Crippen LogP contribution is 2.35. The Bertz CT molecular complexity index is 482. The van der Waals surface area contributed by atoms with Crippen molar-refractivity contribution < 1.29 is 14.6 Å². The second-order valence-electron chi connectivity index (χ2n) is 6.16. The molecule has 128 valence electrons. The van der Waals surface area contributed by atoms with Crippen LogP contribution < -0.4 is 0 Å². The monoisotopic (exact) mass is 383 g/mol. The maximum Gasteiger partial charge on any atom is 0.339 e. The predicted molar refractivity (Wildman–Crippen MR) is 94.6 cm³/mol. The van der Waals surface area contributed by atoms with E-state index in [0.29, 0.717) is 17.6 Å². The van der Waals surface area contributed by atoms with Gasteiger partial charge >= 0.3 is 5.97 Å². The average Bonchev–Trinajstić information content (AvgIpc) is 2.77. The minimum atomic E-state index is -1.17. The highest BCUT2D eigenvalue weighted by molar-refractivity contribution is 9.09. The number of piperidine rings is 1. The number of aliphatic hydroxyl groups excluding tert-OH is 1. The fourth-order valence-corrected chi connectivity index (χ4v) is 3.46. The Hall–Kier alpha value is -0.910. The van der Waals surface area contributed by atoms with Gasteiger partial charge in [0.2, 0.25) is 0 Å². The first-order valence-electron chi connectivity index (χ1n) is 8.28. The first-order valence-corrected chi connectivity index (χ1v) is 9.40. The predicted octanol–water partition coefficient (Wildman–Crippen LogP) is 3.29. The molecule has 2 bridgehead atoms. The number of rotatable bonds is 3. The summed E-state index contributed by atoms with van der Waals surface area (Å²) in [6.07, 6.45) is 2.94. The summed E-state index contributed by atoms with van der Waals surface area (Å²) in [7, 11) is 2.15. The summed E-state index contributed by atoms with van der Waals surface area (Å²) >= 11 is 3.15. The van der Waals surface area contributed by atoms with Gasteiger partial charge in [0.25, 0.3) is 0 Å². The fraction of sp³-hybridized carbons (Fsp3) is 0.611. The third kappa shape index (κ3) is 4.78. The summed E-state index contributed by atoms with van der Waals surface area (Å²) in [5.41, 5.74) is 0.591. The van der Waals surface area contributed by atoms with Gasteiger partial charge in [-0.05, 0) is 38.3 Å². The van der Waals surface area contributed by atoms with Gasteiger partial charge in [0.1, 0.15) is 6.10 Å². The number of ether oxygens (including phenoxy) is 1. The summed E-state index contributed by atoms with van der Waals surface area (Å²) in [6.45, 7) is 2.04. The van der Waals surface area contributed by atoms with Crippen LogP contribution in [0.1, 0.15) is 44.3 Å². The molecule has 1 unspecified atom stereocenters. The molecule has 1 aromatic carbocycles. The zero-order valence-corrected chi connectivity index (χ0v) is 15.4. The van der Waals surface area contributed by atoms with E-state index >= 15 is 0 Å². The molecule has 2 fully saturated rings. The van der Waals surface area contributed by atoms with Crippen LogP contribution in [-0.4, -0.2) is 46.5 Å². The number of carbonyl (C=O) groups is 1. The molecule has 2 heterocycles. The number of carbonyl (C=O) groups excluding carboxylic acids is 1. The molecule has 0 aromatic heterocycles. The number of hydrogen-bond acceptors (Lipinski definition) is 4. The number of fused-ring (bicyclic) bond motifs is 2. The van der Waals surface area contributed by atoms with Crippen molar-refractivity contribution in [3.63, 3.8) is 0 Å². The third-order valence-corrected chi connectivity index (χ3v) is 4.68. The number of hydrogen-bond donors (Lipinski definition) is 1. The summed E-state index contributed by atoms with van der Waals surface area (Å²) < 4.78 is 5.52. The zero-order valence-electron chi connectivity index (χ0n) is 13.8. The van der Waals surface area contributed by atoms with Gasteiger partial charge in [-0.15, -0.1) is 0 Å². The van der Waals surface area contributed by atoms with Crippen molar-refractivity contribution in [1.29, 1.82) is 0 Å². The van der Waals surface area contributed by atoms with Crippen molar-refractivity contribution in [2.75, 3.05) is 12.4 Å². The van der Waals surface area contributed by atoms with Gasteiger partial charge in [0, 0.05) is 17.4 Å². The molecule has 5 heteroatoms. The van der Waals surface area contributed by atoms with Gasteiger partial charge in [-0.25, -0.2) is 4.79 Å². The summed E-state index contributed by atoms with van der Waals surface area (Å²) in [5, 5.41) is 11.1. The van der Waals surface area contributed by atoms with Gasteiger partial charge < -0.3 is 14.7 Å². The molecule has 0 spiro atoms. The number of benzene rings is 1. The van der Waals surface area contributed by atoms with Crippen molar-refractivity contribution in [2.45, 2.75) is 56.9 Å². The Labute approximate surface area is 147 Å². The molecular weight excluding hydrogens is 358 g/mol. The second kappa shape index (κ2) is 8.81. The Morgan fingerprint density at radius 1 is 1.30 bits per heavy atom. The number of halogens is 1. The molecule has 0 radical (unpaired) electrons. The van der Waals surface area contributed by atoms with Crippen LogP contribution in [0, 0.1) is 0 Å². The minimum Gasteiger partial charge on any atom is -0.460 e.